The molecular formula is C18H14ClFN2OS. The molecule has 2 aromatic carbocycles. The Labute approximate surface area is 148 Å². The second-order valence-electron chi connectivity index (χ2n) is 5.34. The van der Waals surface area contributed by atoms with Crippen LogP contribution in [0.5, 0.6) is 0 Å². The summed E-state index contributed by atoms with van der Waals surface area (Å²) in [4.78, 5) is 16.6. The Bertz CT molecular complexity index is 894. The molecule has 3 aromatic rings. The fourth-order valence-electron chi connectivity index (χ4n) is 2.27. The third kappa shape index (κ3) is 3.99. The molecule has 0 radical (unpaired) electrons. The van der Waals surface area contributed by atoms with Crippen LogP contribution in [0.25, 0.3) is 10.6 Å². The predicted molar refractivity (Wildman–Crippen MR) is 96.0 cm³/mol. The highest BCUT2D eigenvalue weighted by Crippen LogP contribution is 2.25. The van der Waals surface area contributed by atoms with E-state index < -0.39 is 0 Å². The van der Waals surface area contributed by atoms with Gasteiger partial charge in [-0.25, -0.2) is 9.37 Å². The summed E-state index contributed by atoms with van der Waals surface area (Å²) < 4.78 is 13.3. The van der Waals surface area contributed by atoms with Crippen LogP contribution in [0.4, 0.5) is 10.1 Å². The van der Waals surface area contributed by atoms with E-state index in [4.69, 9.17) is 11.6 Å². The van der Waals surface area contributed by atoms with Crippen molar-refractivity contribution in [1.29, 1.82) is 0 Å². The Morgan fingerprint density at radius 3 is 2.88 bits per heavy atom. The quantitative estimate of drug-likeness (QED) is 0.704. The van der Waals surface area contributed by atoms with Crippen molar-refractivity contribution in [2.24, 2.45) is 0 Å². The minimum absolute atomic E-state index is 0.156. The fraction of sp³-hybridized carbons (Fsp3) is 0.111. The van der Waals surface area contributed by atoms with Gasteiger partial charge >= 0.3 is 0 Å². The monoisotopic (exact) mass is 360 g/mol. The molecule has 1 N–H and O–H groups in total. The number of thiazole rings is 1. The molecule has 0 aliphatic carbocycles. The molecule has 0 fully saturated rings. The van der Waals surface area contributed by atoms with Gasteiger partial charge in [-0.2, -0.15) is 0 Å². The molecule has 0 bridgehead atoms. The smallest absolute Gasteiger partial charge is 0.230 e. The molecule has 0 aliphatic rings. The van der Waals surface area contributed by atoms with E-state index in [1.165, 1.54) is 23.5 Å². The van der Waals surface area contributed by atoms with Gasteiger partial charge in [0.05, 0.1) is 12.1 Å². The first-order valence-electron chi connectivity index (χ1n) is 7.27. The zero-order valence-corrected chi connectivity index (χ0v) is 14.4. The number of hydrogen-bond acceptors (Lipinski definition) is 3. The number of carbonyl (C=O) groups is 1. The Morgan fingerprint density at radius 2 is 2.12 bits per heavy atom. The number of amides is 1. The van der Waals surface area contributed by atoms with Crippen molar-refractivity contribution in [3.05, 3.63) is 69.9 Å². The minimum Gasteiger partial charge on any atom is -0.326 e. The Balaban J connectivity index is 1.69. The molecule has 24 heavy (non-hydrogen) atoms. The van der Waals surface area contributed by atoms with Crippen LogP contribution in [0.1, 0.15) is 11.3 Å². The van der Waals surface area contributed by atoms with Gasteiger partial charge in [0.25, 0.3) is 0 Å². The summed E-state index contributed by atoms with van der Waals surface area (Å²) in [6, 6.07) is 11.6. The van der Waals surface area contributed by atoms with E-state index in [-0.39, 0.29) is 18.1 Å². The van der Waals surface area contributed by atoms with E-state index >= 15 is 0 Å². The molecule has 1 heterocycles. The SMILES string of the molecule is Cc1cc(Cl)ccc1NC(=O)Cc1csc(-c2cccc(F)c2)n1. The lowest BCUT2D eigenvalue weighted by Gasteiger charge is -2.07. The molecule has 0 spiro atoms. The van der Waals surface area contributed by atoms with E-state index in [1.54, 1.807) is 30.3 Å². The molecule has 0 aliphatic heterocycles. The summed E-state index contributed by atoms with van der Waals surface area (Å²) in [5.41, 5.74) is 2.99. The van der Waals surface area contributed by atoms with Gasteiger partial charge in [0, 0.05) is 21.7 Å². The van der Waals surface area contributed by atoms with E-state index in [2.05, 4.69) is 10.3 Å². The van der Waals surface area contributed by atoms with E-state index in [0.29, 0.717) is 21.3 Å². The van der Waals surface area contributed by atoms with Crippen molar-refractivity contribution >= 4 is 34.5 Å². The largest absolute Gasteiger partial charge is 0.326 e. The predicted octanol–water partition coefficient (Wildman–Crippen LogP) is 5.09. The van der Waals surface area contributed by atoms with Crippen LogP contribution in [0.15, 0.2) is 47.8 Å². The number of aryl methyl sites for hydroxylation is 1. The molecule has 6 heteroatoms. The van der Waals surface area contributed by atoms with Crippen LogP contribution in [0.3, 0.4) is 0 Å². The third-order valence-corrected chi connectivity index (χ3v) is 4.60. The summed E-state index contributed by atoms with van der Waals surface area (Å²) in [6.45, 7) is 1.88. The van der Waals surface area contributed by atoms with Crippen LogP contribution >= 0.6 is 22.9 Å². The first-order valence-corrected chi connectivity index (χ1v) is 8.53. The molecule has 1 amide bonds. The number of rotatable bonds is 4. The van der Waals surface area contributed by atoms with Gasteiger partial charge < -0.3 is 5.32 Å². The number of halogens is 2. The van der Waals surface area contributed by atoms with Crippen molar-refractivity contribution in [3.8, 4) is 10.6 Å². The Morgan fingerprint density at radius 1 is 1.29 bits per heavy atom. The van der Waals surface area contributed by atoms with Gasteiger partial charge in [-0.05, 0) is 42.8 Å². The van der Waals surface area contributed by atoms with Gasteiger partial charge in [-0.15, -0.1) is 11.3 Å². The second kappa shape index (κ2) is 7.11. The zero-order chi connectivity index (χ0) is 17.1. The highest BCUT2D eigenvalue weighted by molar-refractivity contribution is 7.13. The van der Waals surface area contributed by atoms with E-state index in [0.717, 1.165) is 11.3 Å². The fourth-order valence-corrected chi connectivity index (χ4v) is 3.31. The van der Waals surface area contributed by atoms with E-state index in [9.17, 15) is 9.18 Å². The first-order chi connectivity index (χ1) is 11.5. The maximum atomic E-state index is 13.3. The molecule has 3 nitrogen and oxygen atoms in total. The number of hydrogen-bond donors (Lipinski definition) is 1. The van der Waals surface area contributed by atoms with Gasteiger partial charge in [-0.1, -0.05) is 23.7 Å². The van der Waals surface area contributed by atoms with Crippen LogP contribution < -0.4 is 5.32 Å². The van der Waals surface area contributed by atoms with E-state index in [1.807, 2.05) is 12.3 Å². The normalized spacial score (nSPS) is 10.6. The third-order valence-electron chi connectivity index (χ3n) is 3.43. The lowest BCUT2D eigenvalue weighted by Crippen LogP contribution is -2.15. The highest BCUT2D eigenvalue weighted by Gasteiger charge is 2.11. The summed E-state index contributed by atoms with van der Waals surface area (Å²) in [6.07, 6.45) is 0.161. The standard InChI is InChI=1S/C18H14ClFN2OS/c1-11-7-13(19)5-6-16(11)22-17(23)9-15-10-24-18(21-15)12-3-2-4-14(20)8-12/h2-8,10H,9H2,1H3,(H,22,23). The maximum Gasteiger partial charge on any atom is 0.230 e. The number of carbonyl (C=O) groups excluding carboxylic acids is 1. The van der Waals surface area contributed by atoms with Gasteiger partial charge in [-0.3, -0.25) is 4.79 Å². The maximum absolute atomic E-state index is 13.3. The first kappa shape index (κ1) is 16.6. The number of nitrogens with one attached hydrogen (secondary N) is 1. The van der Waals surface area contributed by atoms with Crippen molar-refractivity contribution in [2.45, 2.75) is 13.3 Å². The van der Waals surface area contributed by atoms with Crippen LogP contribution in [-0.4, -0.2) is 10.9 Å². The summed E-state index contributed by atoms with van der Waals surface area (Å²) in [7, 11) is 0. The molecule has 0 unspecified atom stereocenters. The zero-order valence-electron chi connectivity index (χ0n) is 12.8. The Kier molecular flexibility index (Phi) is 4.92. The van der Waals surface area contributed by atoms with Crippen LogP contribution in [0.2, 0.25) is 5.02 Å². The van der Waals surface area contributed by atoms with Crippen molar-refractivity contribution < 1.29 is 9.18 Å². The van der Waals surface area contributed by atoms with Crippen molar-refractivity contribution in [2.75, 3.05) is 5.32 Å². The van der Waals surface area contributed by atoms with Gasteiger partial charge in [0.2, 0.25) is 5.91 Å². The molecule has 0 saturated heterocycles. The molecular weight excluding hydrogens is 347 g/mol. The average molecular weight is 361 g/mol. The lowest BCUT2D eigenvalue weighted by molar-refractivity contribution is -0.115. The molecule has 0 saturated carbocycles. The number of benzene rings is 2. The molecule has 3 rings (SSSR count). The number of nitrogens with zero attached hydrogens (tertiary/aromatic N) is 1. The van der Waals surface area contributed by atoms with Crippen molar-refractivity contribution in [1.82, 2.24) is 4.98 Å². The summed E-state index contributed by atoms with van der Waals surface area (Å²) in [5.74, 6) is -0.461. The topological polar surface area (TPSA) is 42.0 Å². The number of aromatic nitrogens is 1. The Hall–Kier alpha value is -2.24. The summed E-state index contributed by atoms with van der Waals surface area (Å²) in [5, 5.41) is 5.99. The molecule has 0 atom stereocenters. The van der Waals surface area contributed by atoms with Gasteiger partial charge in [0.1, 0.15) is 10.8 Å². The summed E-state index contributed by atoms with van der Waals surface area (Å²) >= 11 is 7.30. The van der Waals surface area contributed by atoms with Crippen LogP contribution in [-0.2, 0) is 11.2 Å². The molecule has 1 aromatic heterocycles. The van der Waals surface area contributed by atoms with Crippen molar-refractivity contribution in [3.63, 3.8) is 0 Å². The molecule has 122 valence electrons. The lowest BCUT2D eigenvalue weighted by atomic mass is 10.2. The second-order valence-corrected chi connectivity index (χ2v) is 6.63. The van der Waals surface area contributed by atoms with Gasteiger partial charge in [0.15, 0.2) is 0 Å². The number of anilines is 1. The van der Waals surface area contributed by atoms with Crippen LogP contribution in [0, 0.1) is 12.7 Å². The average Bonchev–Trinajstić information content (AvgIpc) is 2.98. The highest BCUT2D eigenvalue weighted by atomic mass is 35.5. The minimum atomic E-state index is -0.305.